The molecule has 0 heterocycles. The Morgan fingerprint density at radius 2 is 2.21 bits per heavy atom. The van der Waals surface area contributed by atoms with Gasteiger partial charge in [-0.15, -0.1) is 6.58 Å². The first-order valence-electron chi connectivity index (χ1n) is 4.32. The van der Waals surface area contributed by atoms with Gasteiger partial charge in [-0.1, -0.05) is 33.6 Å². The topological polar surface area (TPSA) is 26.0 Å². The molecule has 0 amide bonds. The Labute approximate surface area is 98.1 Å². The van der Waals surface area contributed by atoms with Crippen LogP contribution >= 0.6 is 27.5 Å². The average Bonchev–Trinajstić information content (AvgIpc) is 2.02. The lowest BCUT2D eigenvalue weighted by Crippen LogP contribution is -2.32. The van der Waals surface area contributed by atoms with Crippen molar-refractivity contribution < 1.29 is 0 Å². The van der Waals surface area contributed by atoms with Crippen molar-refractivity contribution >= 4 is 27.5 Å². The van der Waals surface area contributed by atoms with Crippen molar-refractivity contribution in [1.82, 2.24) is 0 Å². The van der Waals surface area contributed by atoms with E-state index in [0.717, 1.165) is 16.5 Å². The molecule has 0 saturated carbocycles. The Balaban J connectivity index is 3.11. The average molecular weight is 275 g/mol. The summed E-state index contributed by atoms with van der Waals surface area (Å²) in [5.74, 6) is 0. The SMILES string of the molecule is C=CC[C@](C)(N)c1cc(Cl)cc(Br)c1. The summed E-state index contributed by atoms with van der Waals surface area (Å²) in [6.07, 6.45) is 2.54. The first-order chi connectivity index (χ1) is 6.45. The minimum atomic E-state index is -0.408. The molecule has 1 atom stereocenters. The van der Waals surface area contributed by atoms with Crippen molar-refractivity contribution in [2.75, 3.05) is 0 Å². The van der Waals surface area contributed by atoms with E-state index >= 15 is 0 Å². The monoisotopic (exact) mass is 273 g/mol. The summed E-state index contributed by atoms with van der Waals surface area (Å²) in [5.41, 5.74) is 6.74. The third-order valence-corrected chi connectivity index (χ3v) is 2.77. The number of benzene rings is 1. The number of nitrogens with two attached hydrogens (primary N) is 1. The molecule has 0 aliphatic heterocycles. The molecule has 0 unspecified atom stereocenters. The molecule has 0 spiro atoms. The highest BCUT2D eigenvalue weighted by Gasteiger charge is 2.19. The highest BCUT2D eigenvalue weighted by molar-refractivity contribution is 9.10. The lowest BCUT2D eigenvalue weighted by Gasteiger charge is -2.24. The van der Waals surface area contributed by atoms with E-state index < -0.39 is 5.54 Å². The van der Waals surface area contributed by atoms with Crippen LogP contribution in [0.15, 0.2) is 35.3 Å². The van der Waals surface area contributed by atoms with Gasteiger partial charge in [0.25, 0.3) is 0 Å². The van der Waals surface area contributed by atoms with Crippen LogP contribution in [0.3, 0.4) is 0 Å². The van der Waals surface area contributed by atoms with Gasteiger partial charge in [0.05, 0.1) is 0 Å². The van der Waals surface area contributed by atoms with Crippen molar-refractivity contribution in [3.63, 3.8) is 0 Å². The summed E-state index contributed by atoms with van der Waals surface area (Å²) in [4.78, 5) is 0. The van der Waals surface area contributed by atoms with E-state index in [1.54, 1.807) is 0 Å². The predicted molar refractivity (Wildman–Crippen MR) is 65.5 cm³/mol. The van der Waals surface area contributed by atoms with Gasteiger partial charge in [-0.25, -0.2) is 0 Å². The van der Waals surface area contributed by atoms with Gasteiger partial charge < -0.3 is 5.73 Å². The molecule has 0 radical (unpaired) electrons. The Morgan fingerprint density at radius 3 is 2.71 bits per heavy atom. The normalized spacial score (nSPS) is 14.9. The quantitative estimate of drug-likeness (QED) is 0.833. The van der Waals surface area contributed by atoms with E-state index in [9.17, 15) is 0 Å². The molecule has 76 valence electrons. The van der Waals surface area contributed by atoms with E-state index in [0.29, 0.717) is 5.02 Å². The van der Waals surface area contributed by atoms with Crippen LogP contribution in [-0.2, 0) is 5.54 Å². The zero-order valence-electron chi connectivity index (χ0n) is 8.06. The van der Waals surface area contributed by atoms with Crippen LogP contribution in [0, 0.1) is 0 Å². The maximum atomic E-state index is 6.14. The van der Waals surface area contributed by atoms with Crippen molar-refractivity contribution in [2.24, 2.45) is 5.73 Å². The molecular formula is C11H13BrClN. The molecule has 3 heteroatoms. The number of hydrogen-bond donors (Lipinski definition) is 1. The third kappa shape index (κ3) is 2.84. The molecule has 0 aromatic heterocycles. The van der Waals surface area contributed by atoms with Crippen molar-refractivity contribution in [2.45, 2.75) is 18.9 Å². The summed E-state index contributed by atoms with van der Waals surface area (Å²) >= 11 is 9.34. The molecule has 0 fully saturated rings. The first kappa shape index (κ1) is 11.8. The van der Waals surface area contributed by atoms with E-state index in [1.165, 1.54) is 0 Å². The van der Waals surface area contributed by atoms with E-state index in [-0.39, 0.29) is 0 Å². The standard InChI is InChI=1S/C11H13BrClN/c1-3-4-11(2,14)8-5-9(12)7-10(13)6-8/h3,5-7H,1,4,14H2,2H3/t11-/m0/s1. The zero-order valence-corrected chi connectivity index (χ0v) is 10.4. The Hall–Kier alpha value is -0.310. The number of hydrogen-bond acceptors (Lipinski definition) is 1. The molecule has 1 nitrogen and oxygen atoms in total. The number of rotatable bonds is 3. The van der Waals surface area contributed by atoms with Crippen LogP contribution in [0.25, 0.3) is 0 Å². The summed E-state index contributed by atoms with van der Waals surface area (Å²) in [5, 5.41) is 0.690. The molecular weight excluding hydrogens is 261 g/mol. The van der Waals surface area contributed by atoms with Crippen molar-refractivity contribution in [3.8, 4) is 0 Å². The maximum absolute atomic E-state index is 6.14. The van der Waals surface area contributed by atoms with Gasteiger partial charge >= 0.3 is 0 Å². The molecule has 1 aromatic carbocycles. The fraction of sp³-hybridized carbons (Fsp3) is 0.273. The summed E-state index contributed by atoms with van der Waals surface area (Å²) < 4.78 is 0.945. The molecule has 1 rings (SSSR count). The lowest BCUT2D eigenvalue weighted by molar-refractivity contribution is 0.502. The fourth-order valence-electron chi connectivity index (χ4n) is 1.30. The van der Waals surface area contributed by atoms with Crippen LogP contribution < -0.4 is 5.73 Å². The maximum Gasteiger partial charge on any atom is 0.0420 e. The van der Waals surface area contributed by atoms with Crippen molar-refractivity contribution in [3.05, 3.63) is 45.9 Å². The third-order valence-electron chi connectivity index (χ3n) is 2.09. The Morgan fingerprint density at radius 1 is 1.57 bits per heavy atom. The fourth-order valence-corrected chi connectivity index (χ4v) is 2.16. The van der Waals surface area contributed by atoms with Gasteiger partial charge in [-0.3, -0.25) is 0 Å². The van der Waals surface area contributed by atoms with E-state index in [1.807, 2.05) is 31.2 Å². The molecule has 14 heavy (non-hydrogen) atoms. The van der Waals surface area contributed by atoms with Crippen LogP contribution in [0.5, 0.6) is 0 Å². The molecule has 0 saturated heterocycles. The molecule has 1 aromatic rings. The van der Waals surface area contributed by atoms with Gasteiger partial charge in [0.1, 0.15) is 0 Å². The second-order valence-electron chi connectivity index (χ2n) is 3.57. The van der Waals surface area contributed by atoms with Gasteiger partial charge in [-0.2, -0.15) is 0 Å². The molecule has 0 aliphatic carbocycles. The summed E-state index contributed by atoms with van der Waals surface area (Å²) in [6, 6.07) is 5.71. The van der Waals surface area contributed by atoms with E-state index in [2.05, 4.69) is 22.5 Å². The van der Waals surface area contributed by atoms with Crippen LogP contribution in [-0.4, -0.2) is 0 Å². The van der Waals surface area contributed by atoms with Crippen LogP contribution in [0.1, 0.15) is 18.9 Å². The number of halogens is 2. The smallest absolute Gasteiger partial charge is 0.0420 e. The van der Waals surface area contributed by atoms with Crippen LogP contribution in [0.4, 0.5) is 0 Å². The van der Waals surface area contributed by atoms with Gasteiger partial charge in [0, 0.05) is 15.0 Å². The first-order valence-corrected chi connectivity index (χ1v) is 5.49. The minimum Gasteiger partial charge on any atom is -0.321 e. The molecule has 0 aliphatic rings. The van der Waals surface area contributed by atoms with Gasteiger partial charge in [-0.05, 0) is 37.1 Å². The summed E-state index contributed by atoms with van der Waals surface area (Å²) in [7, 11) is 0. The molecule has 2 N–H and O–H groups in total. The largest absolute Gasteiger partial charge is 0.321 e. The zero-order chi connectivity index (χ0) is 10.8. The van der Waals surface area contributed by atoms with Gasteiger partial charge in [0.15, 0.2) is 0 Å². The Kier molecular flexibility index (Phi) is 3.76. The highest BCUT2D eigenvalue weighted by atomic mass is 79.9. The lowest BCUT2D eigenvalue weighted by atomic mass is 9.90. The second-order valence-corrected chi connectivity index (χ2v) is 4.92. The van der Waals surface area contributed by atoms with Gasteiger partial charge in [0.2, 0.25) is 0 Å². The van der Waals surface area contributed by atoms with E-state index in [4.69, 9.17) is 17.3 Å². The summed E-state index contributed by atoms with van der Waals surface area (Å²) in [6.45, 7) is 5.66. The van der Waals surface area contributed by atoms with Crippen LogP contribution in [0.2, 0.25) is 5.02 Å². The molecule has 0 bridgehead atoms. The highest BCUT2D eigenvalue weighted by Crippen LogP contribution is 2.28. The second kappa shape index (κ2) is 4.47. The Bertz CT molecular complexity index is 327. The van der Waals surface area contributed by atoms with Crippen molar-refractivity contribution in [1.29, 1.82) is 0 Å². The minimum absolute atomic E-state index is 0.408. The predicted octanol–water partition coefficient (Wildman–Crippen LogP) is 3.85.